The topological polar surface area (TPSA) is 44.3 Å². The van der Waals surface area contributed by atoms with E-state index in [-0.39, 0.29) is 0 Å². The Hall–Kier alpha value is -2.79. The Balaban J connectivity index is 1.73. The first-order valence-corrected chi connectivity index (χ1v) is 8.13. The van der Waals surface area contributed by atoms with Gasteiger partial charge in [-0.05, 0) is 24.3 Å². The van der Waals surface area contributed by atoms with E-state index in [0.717, 1.165) is 38.3 Å². The van der Waals surface area contributed by atoms with Crippen molar-refractivity contribution in [3.05, 3.63) is 42.2 Å². The van der Waals surface area contributed by atoms with Crippen LogP contribution in [0.15, 0.2) is 36.7 Å². The first-order chi connectivity index (χ1) is 12.5. The molecule has 26 heavy (non-hydrogen) atoms. The number of piperazine rings is 1. The minimum atomic E-state index is -4.35. The predicted molar refractivity (Wildman–Crippen MR) is 94.2 cm³/mol. The molecule has 3 rings (SSSR count). The molecule has 1 aromatic carbocycles. The van der Waals surface area contributed by atoms with Crippen LogP contribution in [0.2, 0.25) is 0 Å². The van der Waals surface area contributed by atoms with Crippen molar-refractivity contribution in [3.63, 3.8) is 0 Å². The fraction of sp³-hybridized carbons (Fsp3) is 0.333. The number of anilines is 3. The monoisotopic (exact) mass is 361 g/mol. The van der Waals surface area contributed by atoms with Gasteiger partial charge in [0, 0.05) is 44.3 Å². The highest BCUT2D eigenvalue weighted by molar-refractivity contribution is 5.68. The van der Waals surface area contributed by atoms with E-state index in [2.05, 4.69) is 31.0 Å². The normalized spacial score (nSPS) is 15.5. The average molecular weight is 361 g/mol. The summed E-state index contributed by atoms with van der Waals surface area (Å²) < 4.78 is 38.0. The highest BCUT2D eigenvalue weighted by atomic mass is 19.4. The van der Waals surface area contributed by atoms with Gasteiger partial charge in [-0.3, -0.25) is 4.90 Å². The first-order valence-electron chi connectivity index (χ1n) is 8.13. The number of alkyl halides is 3. The second-order valence-electron chi connectivity index (χ2n) is 5.90. The molecule has 0 amide bonds. The molecule has 2 heterocycles. The maximum atomic E-state index is 12.7. The van der Waals surface area contributed by atoms with Crippen LogP contribution < -0.4 is 10.2 Å². The van der Waals surface area contributed by atoms with Crippen LogP contribution in [0.25, 0.3) is 0 Å². The van der Waals surface area contributed by atoms with E-state index in [1.165, 1.54) is 12.1 Å². The van der Waals surface area contributed by atoms with Gasteiger partial charge < -0.3 is 10.2 Å². The lowest BCUT2D eigenvalue weighted by molar-refractivity contribution is -0.137. The van der Waals surface area contributed by atoms with Crippen molar-refractivity contribution in [1.29, 1.82) is 0 Å². The standard InChI is InChI=1S/C18H18F3N5/c1-2-9-25-10-12-26(13-11-25)17-16(22-7-8-23-17)24-15-5-3-14(4-6-15)18(19,20)21/h1,3-8H,9-13H2,(H,22,24). The number of rotatable bonds is 4. The van der Waals surface area contributed by atoms with Crippen molar-refractivity contribution in [2.45, 2.75) is 6.18 Å². The maximum Gasteiger partial charge on any atom is 0.416 e. The minimum absolute atomic E-state index is 0.512. The number of hydrogen-bond donors (Lipinski definition) is 1. The highest BCUT2D eigenvalue weighted by Gasteiger charge is 2.30. The summed E-state index contributed by atoms with van der Waals surface area (Å²) in [6.45, 7) is 3.76. The molecule has 1 aromatic heterocycles. The number of halogens is 3. The maximum absolute atomic E-state index is 12.7. The third-order valence-electron chi connectivity index (χ3n) is 4.14. The zero-order valence-corrected chi connectivity index (χ0v) is 14.0. The molecular formula is C18H18F3N5. The number of aromatic nitrogens is 2. The second kappa shape index (κ2) is 7.62. The van der Waals surface area contributed by atoms with Crippen LogP contribution in [-0.4, -0.2) is 47.6 Å². The lowest BCUT2D eigenvalue weighted by Crippen LogP contribution is -2.46. The largest absolute Gasteiger partial charge is 0.416 e. The van der Waals surface area contributed by atoms with Crippen LogP contribution in [-0.2, 0) is 6.18 Å². The van der Waals surface area contributed by atoms with Crippen LogP contribution in [0, 0.1) is 12.3 Å². The van der Waals surface area contributed by atoms with Gasteiger partial charge in [-0.2, -0.15) is 13.2 Å². The van der Waals surface area contributed by atoms with Gasteiger partial charge in [0.2, 0.25) is 0 Å². The molecule has 136 valence electrons. The highest BCUT2D eigenvalue weighted by Crippen LogP contribution is 2.31. The van der Waals surface area contributed by atoms with Crippen LogP contribution in [0.5, 0.6) is 0 Å². The number of nitrogens with zero attached hydrogens (tertiary/aromatic N) is 4. The van der Waals surface area contributed by atoms with E-state index in [4.69, 9.17) is 6.42 Å². The van der Waals surface area contributed by atoms with Crippen LogP contribution in [0.4, 0.5) is 30.5 Å². The molecule has 2 aromatic rings. The average Bonchev–Trinajstić information content (AvgIpc) is 2.63. The fourth-order valence-corrected chi connectivity index (χ4v) is 2.78. The lowest BCUT2D eigenvalue weighted by Gasteiger charge is -2.34. The van der Waals surface area contributed by atoms with Gasteiger partial charge in [0.05, 0.1) is 12.1 Å². The van der Waals surface area contributed by atoms with Gasteiger partial charge in [0.25, 0.3) is 0 Å². The molecule has 0 atom stereocenters. The van der Waals surface area contributed by atoms with E-state index in [1.807, 2.05) is 0 Å². The summed E-state index contributed by atoms with van der Waals surface area (Å²) in [5, 5.41) is 3.06. The van der Waals surface area contributed by atoms with Crippen LogP contribution in [0.1, 0.15) is 5.56 Å². The zero-order chi connectivity index (χ0) is 18.6. The molecule has 0 radical (unpaired) electrons. The Morgan fingerprint density at radius 1 is 1.04 bits per heavy atom. The van der Waals surface area contributed by atoms with Crippen molar-refractivity contribution < 1.29 is 13.2 Å². The molecule has 1 aliphatic heterocycles. The number of terminal acetylenes is 1. The van der Waals surface area contributed by atoms with Crippen LogP contribution >= 0.6 is 0 Å². The Bertz CT molecular complexity index is 775. The van der Waals surface area contributed by atoms with Gasteiger partial charge in [0.1, 0.15) is 0 Å². The summed E-state index contributed by atoms with van der Waals surface area (Å²) >= 11 is 0. The van der Waals surface area contributed by atoms with Gasteiger partial charge in [-0.15, -0.1) is 6.42 Å². The van der Waals surface area contributed by atoms with Crippen molar-refractivity contribution in [1.82, 2.24) is 14.9 Å². The SMILES string of the molecule is C#CCN1CCN(c2nccnc2Nc2ccc(C(F)(F)F)cc2)CC1. The molecule has 0 saturated carbocycles. The zero-order valence-electron chi connectivity index (χ0n) is 14.0. The summed E-state index contributed by atoms with van der Waals surface area (Å²) in [4.78, 5) is 12.9. The number of nitrogens with one attached hydrogen (secondary N) is 1. The lowest BCUT2D eigenvalue weighted by atomic mass is 10.2. The summed E-state index contributed by atoms with van der Waals surface area (Å²) in [6.07, 6.45) is 4.14. The molecule has 1 saturated heterocycles. The molecular weight excluding hydrogens is 343 g/mol. The Labute approximate surface area is 149 Å². The Morgan fingerprint density at radius 3 is 2.31 bits per heavy atom. The molecule has 5 nitrogen and oxygen atoms in total. The predicted octanol–water partition coefficient (Wildman–Crippen LogP) is 2.99. The van der Waals surface area contributed by atoms with E-state index >= 15 is 0 Å². The van der Waals surface area contributed by atoms with Gasteiger partial charge in [-0.1, -0.05) is 5.92 Å². The molecule has 0 aliphatic carbocycles. The molecule has 8 heteroatoms. The van der Waals surface area contributed by atoms with E-state index in [9.17, 15) is 13.2 Å². The van der Waals surface area contributed by atoms with E-state index in [1.54, 1.807) is 12.4 Å². The number of hydrogen-bond acceptors (Lipinski definition) is 5. The van der Waals surface area contributed by atoms with E-state index in [0.29, 0.717) is 23.9 Å². The molecule has 0 bridgehead atoms. The quantitative estimate of drug-likeness (QED) is 0.849. The van der Waals surface area contributed by atoms with Crippen LogP contribution in [0.3, 0.4) is 0 Å². The third-order valence-corrected chi connectivity index (χ3v) is 4.14. The summed E-state index contributed by atoms with van der Waals surface area (Å²) in [6, 6.07) is 4.84. The first kappa shape index (κ1) is 18.0. The molecule has 0 spiro atoms. The van der Waals surface area contributed by atoms with Crippen molar-refractivity contribution in [3.8, 4) is 12.3 Å². The molecule has 1 fully saturated rings. The summed E-state index contributed by atoms with van der Waals surface area (Å²) in [5.41, 5.74) is -0.169. The van der Waals surface area contributed by atoms with Crippen molar-refractivity contribution >= 4 is 17.3 Å². The molecule has 1 N–H and O–H groups in total. The van der Waals surface area contributed by atoms with E-state index < -0.39 is 11.7 Å². The van der Waals surface area contributed by atoms with Crippen molar-refractivity contribution in [2.24, 2.45) is 0 Å². The van der Waals surface area contributed by atoms with Gasteiger partial charge in [0.15, 0.2) is 11.6 Å². The van der Waals surface area contributed by atoms with Gasteiger partial charge in [-0.25, -0.2) is 9.97 Å². The second-order valence-corrected chi connectivity index (χ2v) is 5.90. The minimum Gasteiger partial charge on any atom is -0.351 e. The summed E-state index contributed by atoms with van der Waals surface area (Å²) in [5.74, 6) is 3.82. The summed E-state index contributed by atoms with van der Waals surface area (Å²) in [7, 11) is 0. The third kappa shape index (κ3) is 4.24. The molecule has 0 unspecified atom stereocenters. The Morgan fingerprint density at radius 2 is 1.69 bits per heavy atom. The molecule has 1 aliphatic rings. The van der Waals surface area contributed by atoms with Gasteiger partial charge >= 0.3 is 6.18 Å². The fourth-order valence-electron chi connectivity index (χ4n) is 2.78. The van der Waals surface area contributed by atoms with Crippen molar-refractivity contribution in [2.75, 3.05) is 42.9 Å². The Kier molecular flexibility index (Phi) is 5.28. The smallest absolute Gasteiger partial charge is 0.351 e. The number of benzene rings is 1.